The molecule has 7 nitrogen and oxygen atoms in total. The molecule has 7 heteroatoms. The number of carbonyl (C=O) groups excluding carboxylic acids is 2. The van der Waals surface area contributed by atoms with E-state index >= 15 is 0 Å². The van der Waals surface area contributed by atoms with Gasteiger partial charge < -0.3 is 23.8 Å². The van der Waals surface area contributed by atoms with Crippen LogP contribution in [0.3, 0.4) is 0 Å². The summed E-state index contributed by atoms with van der Waals surface area (Å²) in [7, 11) is 1.63. The van der Waals surface area contributed by atoms with E-state index in [2.05, 4.69) is 6.58 Å². The Labute approximate surface area is 188 Å². The highest BCUT2D eigenvalue weighted by Gasteiger charge is 2.54. The molecule has 0 radical (unpaired) electrons. The average Bonchev–Trinajstić information content (AvgIpc) is 2.72. The van der Waals surface area contributed by atoms with Crippen molar-refractivity contribution in [1.29, 1.82) is 0 Å². The van der Waals surface area contributed by atoms with E-state index in [1.807, 2.05) is 50.2 Å². The quantitative estimate of drug-likeness (QED) is 0.419. The van der Waals surface area contributed by atoms with E-state index in [-0.39, 0.29) is 32.3 Å². The van der Waals surface area contributed by atoms with Crippen molar-refractivity contribution in [3.63, 3.8) is 0 Å². The van der Waals surface area contributed by atoms with Crippen LogP contribution in [0.15, 0.2) is 49.1 Å². The van der Waals surface area contributed by atoms with Gasteiger partial charge in [0.2, 0.25) is 0 Å². The second-order valence-corrected chi connectivity index (χ2v) is 8.64. The molecular formula is C25H31NO6. The largest absolute Gasteiger partial charge is 0.497 e. The van der Waals surface area contributed by atoms with Gasteiger partial charge in [0.05, 0.1) is 13.7 Å². The van der Waals surface area contributed by atoms with Gasteiger partial charge in [-0.05, 0) is 55.8 Å². The number of carbonyl (C=O) groups is 2. The van der Waals surface area contributed by atoms with Crippen molar-refractivity contribution in [2.24, 2.45) is 5.41 Å². The van der Waals surface area contributed by atoms with Crippen LogP contribution < -0.4 is 9.47 Å². The van der Waals surface area contributed by atoms with Gasteiger partial charge >= 0.3 is 12.1 Å². The second kappa shape index (κ2) is 9.51. The zero-order chi connectivity index (χ0) is 23.4. The number of amides is 1. The summed E-state index contributed by atoms with van der Waals surface area (Å²) in [6.45, 7) is 9.82. The van der Waals surface area contributed by atoms with Crippen molar-refractivity contribution in [1.82, 2.24) is 4.90 Å². The summed E-state index contributed by atoms with van der Waals surface area (Å²) in [4.78, 5) is 26.7. The Kier molecular flexibility index (Phi) is 6.96. The Morgan fingerprint density at radius 3 is 2.34 bits per heavy atom. The molecule has 2 aromatic rings. The average molecular weight is 442 g/mol. The zero-order valence-electron chi connectivity index (χ0n) is 19.2. The maximum atomic E-state index is 12.7. The van der Waals surface area contributed by atoms with Crippen molar-refractivity contribution < 1.29 is 28.5 Å². The number of fused-ring (bicyclic) bond motifs is 1. The predicted octanol–water partition coefficient (Wildman–Crippen LogP) is 4.58. The van der Waals surface area contributed by atoms with Crippen LogP contribution in [-0.2, 0) is 14.3 Å². The molecule has 0 aliphatic carbocycles. The lowest BCUT2D eigenvalue weighted by molar-refractivity contribution is -0.169. The minimum Gasteiger partial charge on any atom is -0.497 e. The first kappa shape index (κ1) is 23.4. The number of hydrogen-bond acceptors (Lipinski definition) is 6. The van der Waals surface area contributed by atoms with Gasteiger partial charge in [-0.25, -0.2) is 4.79 Å². The number of hydrogen-bond donors (Lipinski definition) is 0. The fourth-order valence-electron chi connectivity index (χ4n) is 3.71. The van der Waals surface area contributed by atoms with Crippen LogP contribution in [0.4, 0.5) is 4.79 Å². The first-order valence-corrected chi connectivity index (χ1v) is 10.7. The Bertz CT molecular complexity index is 993. The summed E-state index contributed by atoms with van der Waals surface area (Å²) < 4.78 is 22.1. The van der Waals surface area contributed by atoms with Crippen LogP contribution in [0.5, 0.6) is 11.5 Å². The van der Waals surface area contributed by atoms with Gasteiger partial charge in [0.1, 0.15) is 29.1 Å². The number of benzene rings is 2. The van der Waals surface area contributed by atoms with Gasteiger partial charge in [-0.15, -0.1) is 6.58 Å². The third-order valence-electron chi connectivity index (χ3n) is 5.49. The summed E-state index contributed by atoms with van der Waals surface area (Å²) in [5.41, 5.74) is -1.59. The van der Waals surface area contributed by atoms with Gasteiger partial charge in [-0.3, -0.25) is 4.79 Å². The molecule has 1 aliphatic rings. The highest BCUT2D eigenvalue weighted by Crippen LogP contribution is 2.35. The van der Waals surface area contributed by atoms with E-state index in [1.165, 1.54) is 4.90 Å². The summed E-state index contributed by atoms with van der Waals surface area (Å²) in [6, 6.07) is 11.5. The number of rotatable bonds is 9. The molecular weight excluding hydrogens is 410 g/mol. The van der Waals surface area contributed by atoms with Crippen molar-refractivity contribution in [3.8, 4) is 11.5 Å². The van der Waals surface area contributed by atoms with Crippen LogP contribution in [-0.4, -0.2) is 56.0 Å². The van der Waals surface area contributed by atoms with Gasteiger partial charge in [0.15, 0.2) is 0 Å². The smallest absolute Gasteiger partial charge is 0.410 e. The Balaban J connectivity index is 1.68. The molecule has 0 N–H and O–H groups in total. The minimum absolute atomic E-state index is 0.104. The Hall–Kier alpha value is -3.22. The van der Waals surface area contributed by atoms with E-state index in [9.17, 15) is 9.59 Å². The second-order valence-electron chi connectivity index (χ2n) is 8.64. The van der Waals surface area contributed by atoms with E-state index < -0.39 is 17.1 Å². The molecule has 1 heterocycles. The van der Waals surface area contributed by atoms with E-state index in [4.69, 9.17) is 18.9 Å². The van der Waals surface area contributed by atoms with Gasteiger partial charge in [-0.2, -0.15) is 0 Å². The molecule has 0 saturated carbocycles. The van der Waals surface area contributed by atoms with Gasteiger partial charge in [0, 0.05) is 19.5 Å². The first-order chi connectivity index (χ1) is 15.2. The third kappa shape index (κ3) is 5.15. The lowest BCUT2D eigenvalue weighted by Gasteiger charge is -2.47. The van der Waals surface area contributed by atoms with Crippen LogP contribution in [0, 0.1) is 5.41 Å². The molecule has 0 aromatic heterocycles. The highest BCUT2D eigenvalue weighted by atomic mass is 16.6. The first-order valence-electron chi connectivity index (χ1n) is 10.7. The Morgan fingerprint density at radius 1 is 1.12 bits per heavy atom. The Morgan fingerprint density at radius 2 is 1.75 bits per heavy atom. The van der Waals surface area contributed by atoms with E-state index in [0.717, 1.165) is 16.5 Å². The molecule has 0 spiro atoms. The van der Waals surface area contributed by atoms with Crippen LogP contribution in [0.1, 0.15) is 27.2 Å². The van der Waals surface area contributed by atoms with Crippen molar-refractivity contribution >= 4 is 22.8 Å². The fourth-order valence-corrected chi connectivity index (χ4v) is 3.71. The normalized spacial score (nSPS) is 14.9. The monoisotopic (exact) mass is 441 g/mol. The molecule has 32 heavy (non-hydrogen) atoms. The molecule has 172 valence electrons. The van der Waals surface area contributed by atoms with E-state index in [1.54, 1.807) is 20.1 Å². The molecule has 0 bridgehead atoms. The molecule has 2 aromatic carbocycles. The number of likely N-dealkylation sites (tertiary alicyclic amines) is 1. The predicted molar refractivity (Wildman–Crippen MR) is 122 cm³/mol. The molecule has 1 aliphatic heterocycles. The van der Waals surface area contributed by atoms with E-state index in [0.29, 0.717) is 12.2 Å². The zero-order valence-corrected chi connectivity index (χ0v) is 19.2. The maximum absolute atomic E-state index is 12.7. The molecule has 0 unspecified atom stereocenters. The summed E-state index contributed by atoms with van der Waals surface area (Å²) in [5.74, 6) is 1.05. The standard InChI is InChI=1S/C25H31NO6/c1-6-12-24(3,4)32-23(28)26-15-25(16-26,22(27)30-7-2)17-31-21-11-9-18-13-20(29-5)10-8-19(18)14-21/h6,8-11,13-14H,1,7,12,15-17H2,2-5H3. The number of nitrogens with zero attached hydrogens (tertiary/aromatic N) is 1. The van der Waals surface area contributed by atoms with Crippen molar-refractivity contribution in [2.75, 3.05) is 33.4 Å². The SMILES string of the molecule is C=CCC(C)(C)OC(=O)N1CC(COc2ccc3cc(OC)ccc3c2)(C(=O)OCC)C1. The fraction of sp³-hybridized carbons (Fsp3) is 0.440. The third-order valence-corrected chi connectivity index (χ3v) is 5.49. The number of ether oxygens (including phenoxy) is 4. The number of methoxy groups -OCH3 is 1. The number of esters is 1. The minimum atomic E-state index is -0.924. The lowest BCUT2D eigenvalue weighted by atomic mass is 9.80. The molecule has 1 amide bonds. The summed E-state index contributed by atoms with van der Waals surface area (Å²) >= 11 is 0. The maximum Gasteiger partial charge on any atom is 0.410 e. The molecule has 0 atom stereocenters. The summed E-state index contributed by atoms with van der Waals surface area (Å²) in [5, 5.41) is 2.02. The summed E-state index contributed by atoms with van der Waals surface area (Å²) in [6.07, 6.45) is 1.78. The highest BCUT2D eigenvalue weighted by molar-refractivity contribution is 5.85. The van der Waals surface area contributed by atoms with Crippen LogP contribution in [0.2, 0.25) is 0 Å². The van der Waals surface area contributed by atoms with Gasteiger partial charge in [0.25, 0.3) is 0 Å². The topological polar surface area (TPSA) is 74.3 Å². The van der Waals surface area contributed by atoms with Crippen molar-refractivity contribution in [2.45, 2.75) is 32.8 Å². The van der Waals surface area contributed by atoms with Crippen LogP contribution >= 0.6 is 0 Å². The molecule has 1 fully saturated rings. The lowest BCUT2D eigenvalue weighted by Crippen LogP contribution is -2.65. The molecule has 1 saturated heterocycles. The van der Waals surface area contributed by atoms with Gasteiger partial charge in [-0.1, -0.05) is 18.2 Å². The van der Waals surface area contributed by atoms with Crippen LogP contribution in [0.25, 0.3) is 10.8 Å². The van der Waals surface area contributed by atoms with Crippen molar-refractivity contribution in [3.05, 3.63) is 49.1 Å². The molecule has 3 rings (SSSR count).